The molecule has 6 heteroatoms. The summed E-state index contributed by atoms with van der Waals surface area (Å²) in [5.74, 6) is 0. The minimum absolute atomic E-state index is 0.776. The number of aryl methyl sites for hydroxylation is 2. The molecule has 0 spiro atoms. The molecule has 2 aromatic heterocycles. The molecular formula is C10H16N6. The highest BCUT2D eigenvalue weighted by atomic mass is 15.4. The van der Waals surface area contributed by atoms with E-state index in [0.717, 1.165) is 31.9 Å². The van der Waals surface area contributed by atoms with Gasteiger partial charge in [0.1, 0.15) is 0 Å². The molecule has 16 heavy (non-hydrogen) atoms. The third-order valence-corrected chi connectivity index (χ3v) is 2.26. The van der Waals surface area contributed by atoms with Crippen molar-refractivity contribution < 1.29 is 0 Å². The molecule has 0 aliphatic carbocycles. The Kier molecular flexibility index (Phi) is 3.66. The molecule has 0 saturated heterocycles. The Hall–Kier alpha value is -1.69. The van der Waals surface area contributed by atoms with Crippen LogP contribution in [0.5, 0.6) is 0 Å². The van der Waals surface area contributed by atoms with Crippen molar-refractivity contribution in [2.75, 3.05) is 6.54 Å². The lowest BCUT2D eigenvalue weighted by atomic mass is 10.4. The summed E-state index contributed by atoms with van der Waals surface area (Å²) in [7, 11) is 0. The Morgan fingerprint density at radius 3 is 2.94 bits per heavy atom. The van der Waals surface area contributed by atoms with E-state index in [1.54, 1.807) is 6.20 Å². The third-order valence-electron chi connectivity index (χ3n) is 2.26. The smallest absolute Gasteiger partial charge is 0.0964 e. The first-order valence-corrected chi connectivity index (χ1v) is 5.45. The maximum Gasteiger partial charge on any atom is 0.0964 e. The molecule has 6 nitrogen and oxygen atoms in total. The average molecular weight is 220 g/mol. The second kappa shape index (κ2) is 5.41. The highest BCUT2D eigenvalue weighted by Gasteiger charge is 1.99. The first-order chi connectivity index (χ1) is 7.88. The van der Waals surface area contributed by atoms with E-state index in [2.05, 4.69) is 27.7 Å². The van der Waals surface area contributed by atoms with Gasteiger partial charge in [0, 0.05) is 25.1 Å². The van der Waals surface area contributed by atoms with Crippen LogP contribution in [-0.4, -0.2) is 31.3 Å². The lowest BCUT2D eigenvalue weighted by molar-refractivity contribution is 0.490. The molecule has 0 bridgehead atoms. The van der Waals surface area contributed by atoms with Crippen LogP contribution in [-0.2, 0) is 19.6 Å². The quantitative estimate of drug-likeness (QED) is 0.760. The van der Waals surface area contributed by atoms with Crippen LogP contribution in [0.2, 0.25) is 0 Å². The van der Waals surface area contributed by atoms with Gasteiger partial charge in [-0.05, 0) is 12.6 Å². The Morgan fingerprint density at radius 1 is 1.31 bits per heavy atom. The summed E-state index contributed by atoms with van der Waals surface area (Å²) >= 11 is 0. The van der Waals surface area contributed by atoms with Gasteiger partial charge >= 0.3 is 0 Å². The molecule has 0 aromatic carbocycles. The van der Waals surface area contributed by atoms with Gasteiger partial charge < -0.3 is 5.32 Å². The lowest BCUT2D eigenvalue weighted by Gasteiger charge is -2.00. The van der Waals surface area contributed by atoms with Crippen molar-refractivity contribution in [3.8, 4) is 0 Å². The van der Waals surface area contributed by atoms with Gasteiger partial charge in [0.2, 0.25) is 0 Å². The van der Waals surface area contributed by atoms with Gasteiger partial charge in [-0.1, -0.05) is 12.1 Å². The zero-order valence-electron chi connectivity index (χ0n) is 9.37. The maximum absolute atomic E-state index is 4.13. The van der Waals surface area contributed by atoms with E-state index in [1.165, 1.54) is 0 Å². The van der Waals surface area contributed by atoms with Crippen molar-refractivity contribution >= 4 is 0 Å². The van der Waals surface area contributed by atoms with Crippen LogP contribution in [0.15, 0.2) is 24.7 Å². The monoisotopic (exact) mass is 220 g/mol. The SMILES string of the molecule is CCNCc1cn(CCn2cccn2)nn1. The highest BCUT2D eigenvalue weighted by Crippen LogP contribution is 1.94. The summed E-state index contributed by atoms with van der Waals surface area (Å²) in [6.45, 7) is 5.40. The molecule has 0 amide bonds. The third kappa shape index (κ3) is 2.90. The van der Waals surface area contributed by atoms with Gasteiger partial charge in [-0.2, -0.15) is 5.10 Å². The first-order valence-electron chi connectivity index (χ1n) is 5.45. The van der Waals surface area contributed by atoms with Crippen molar-refractivity contribution in [1.82, 2.24) is 30.1 Å². The molecule has 0 radical (unpaired) electrons. The van der Waals surface area contributed by atoms with E-state index in [-0.39, 0.29) is 0 Å². The number of nitrogens with one attached hydrogen (secondary N) is 1. The summed E-state index contributed by atoms with van der Waals surface area (Å²) in [6.07, 6.45) is 5.68. The molecule has 0 saturated carbocycles. The molecule has 0 unspecified atom stereocenters. The van der Waals surface area contributed by atoms with E-state index in [1.807, 2.05) is 27.8 Å². The summed E-state index contributed by atoms with van der Waals surface area (Å²) in [6, 6.07) is 1.91. The highest BCUT2D eigenvalue weighted by molar-refractivity contribution is 4.91. The predicted molar refractivity (Wildman–Crippen MR) is 59.6 cm³/mol. The molecule has 2 aromatic rings. The van der Waals surface area contributed by atoms with Crippen molar-refractivity contribution in [3.63, 3.8) is 0 Å². The van der Waals surface area contributed by atoms with Crippen LogP contribution >= 0.6 is 0 Å². The van der Waals surface area contributed by atoms with Gasteiger partial charge in [0.15, 0.2) is 0 Å². The Balaban J connectivity index is 1.83. The molecule has 0 fully saturated rings. The van der Waals surface area contributed by atoms with Crippen molar-refractivity contribution in [3.05, 3.63) is 30.4 Å². The molecule has 0 atom stereocenters. The van der Waals surface area contributed by atoms with Crippen LogP contribution in [0, 0.1) is 0 Å². The molecule has 2 rings (SSSR count). The van der Waals surface area contributed by atoms with E-state index in [9.17, 15) is 0 Å². The molecule has 2 heterocycles. The first kappa shape index (κ1) is 10.8. The van der Waals surface area contributed by atoms with Gasteiger partial charge in [-0.15, -0.1) is 5.10 Å². The zero-order valence-corrected chi connectivity index (χ0v) is 9.37. The molecular weight excluding hydrogens is 204 g/mol. The second-order valence-corrected chi connectivity index (χ2v) is 3.52. The lowest BCUT2D eigenvalue weighted by Crippen LogP contribution is -2.12. The zero-order chi connectivity index (χ0) is 11.2. The number of aromatic nitrogens is 5. The summed E-state index contributed by atoms with van der Waals surface area (Å²) in [4.78, 5) is 0. The normalized spacial score (nSPS) is 10.8. The van der Waals surface area contributed by atoms with Crippen LogP contribution in [0.4, 0.5) is 0 Å². The van der Waals surface area contributed by atoms with Gasteiger partial charge in [0.05, 0.1) is 18.8 Å². The fraction of sp³-hybridized carbons (Fsp3) is 0.500. The predicted octanol–water partition coefficient (Wildman–Crippen LogP) is 0.284. The molecule has 0 aliphatic rings. The van der Waals surface area contributed by atoms with Crippen LogP contribution < -0.4 is 5.32 Å². The summed E-state index contributed by atoms with van der Waals surface area (Å²) < 4.78 is 3.72. The molecule has 1 N–H and O–H groups in total. The Morgan fingerprint density at radius 2 is 2.19 bits per heavy atom. The van der Waals surface area contributed by atoms with Gasteiger partial charge in [-0.25, -0.2) is 0 Å². The minimum atomic E-state index is 0.776. The number of nitrogens with zero attached hydrogens (tertiary/aromatic N) is 5. The van der Waals surface area contributed by atoms with E-state index >= 15 is 0 Å². The standard InChI is InChI=1S/C10H16N6/c1-2-11-8-10-9-16(14-13-10)7-6-15-5-3-4-12-15/h3-5,9,11H,2,6-8H2,1H3. The Labute approximate surface area is 94.3 Å². The van der Waals surface area contributed by atoms with E-state index in [4.69, 9.17) is 0 Å². The van der Waals surface area contributed by atoms with Crippen molar-refractivity contribution in [2.24, 2.45) is 0 Å². The number of hydrogen-bond acceptors (Lipinski definition) is 4. The van der Waals surface area contributed by atoms with Gasteiger partial charge in [-0.3, -0.25) is 9.36 Å². The van der Waals surface area contributed by atoms with E-state index in [0.29, 0.717) is 0 Å². The summed E-state index contributed by atoms with van der Waals surface area (Å²) in [5, 5.41) is 15.5. The molecule has 0 aliphatic heterocycles. The van der Waals surface area contributed by atoms with E-state index < -0.39 is 0 Å². The summed E-state index contributed by atoms with van der Waals surface area (Å²) in [5.41, 5.74) is 0.974. The fourth-order valence-electron chi connectivity index (χ4n) is 1.42. The van der Waals surface area contributed by atoms with Crippen molar-refractivity contribution in [2.45, 2.75) is 26.6 Å². The molecule has 86 valence electrons. The number of rotatable bonds is 6. The second-order valence-electron chi connectivity index (χ2n) is 3.52. The van der Waals surface area contributed by atoms with Crippen molar-refractivity contribution in [1.29, 1.82) is 0 Å². The topological polar surface area (TPSA) is 60.6 Å². The number of hydrogen-bond donors (Lipinski definition) is 1. The maximum atomic E-state index is 4.13. The van der Waals surface area contributed by atoms with Crippen LogP contribution in [0.1, 0.15) is 12.6 Å². The van der Waals surface area contributed by atoms with Crippen LogP contribution in [0.3, 0.4) is 0 Å². The average Bonchev–Trinajstić information content (AvgIpc) is 2.95. The largest absolute Gasteiger partial charge is 0.311 e. The fourth-order valence-corrected chi connectivity index (χ4v) is 1.42. The Bertz CT molecular complexity index is 405. The minimum Gasteiger partial charge on any atom is -0.311 e. The van der Waals surface area contributed by atoms with Gasteiger partial charge in [0.25, 0.3) is 0 Å². The van der Waals surface area contributed by atoms with Crippen LogP contribution in [0.25, 0.3) is 0 Å².